The molecule has 0 saturated heterocycles. The van der Waals surface area contributed by atoms with Crippen molar-refractivity contribution in [3.63, 3.8) is 0 Å². The van der Waals surface area contributed by atoms with Gasteiger partial charge in [0, 0.05) is 29.1 Å². The van der Waals surface area contributed by atoms with Crippen LogP contribution in [0, 0.1) is 11.6 Å². The highest BCUT2D eigenvalue weighted by Crippen LogP contribution is 2.28. The summed E-state index contributed by atoms with van der Waals surface area (Å²) in [5.74, 6) is -1.95. The van der Waals surface area contributed by atoms with Crippen molar-refractivity contribution in [1.82, 2.24) is 4.98 Å². The van der Waals surface area contributed by atoms with E-state index in [9.17, 15) is 22.0 Å². The molecule has 1 heterocycles. The number of aromatic nitrogens is 1. The molecule has 10 heteroatoms. The summed E-state index contributed by atoms with van der Waals surface area (Å²) in [4.78, 5) is 16.9. The van der Waals surface area contributed by atoms with Crippen molar-refractivity contribution in [2.24, 2.45) is 0 Å². The molecule has 0 saturated carbocycles. The number of halogens is 2. The second-order valence-corrected chi connectivity index (χ2v) is 9.87. The lowest BCUT2D eigenvalue weighted by atomic mass is 10.1. The molecule has 3 aromatic carbocycles. The maximum absolute atomic E-state index is 14.0. The molecule has 1 N–H and O–H groups in total. The van der Waals surface area contributed by atoms with Crippen molar-refractivity contribution in [1.29, 1.82) is 0 Å². The minimum atomic E-state index is -3.81. The van der Waals surface area contributed by atoms with E-state index in [1.807, 2.05) is 0 Å². The number of para-hydroxylation sites is 1. The Kier molecular flexibility index (Phi) is 6.71. The highest BCUT2D eigenvalue weighted by atomic mass is 32.2. The normalized spacial score (nSPS) is 11.3. The number of carbonyl (C=O) groups is 1. The molecule has 174 valence electrons. The molecule has 4 aromatic rings. The Bertz CT molecular complexity index is 1420. The van der Waals surface area contributed by atoms with Crippen LogP contribution in [0.5, 0.6) is 0 Å². The quantitative estimate of drug-likeness (QED) is 0.361. The van der Waals surface area contributed by atoms with E-state index in [0.29, 0.717) is 5.69 Å². The first kappa shape index (κ1) is 23.5. The average Bonchev–Trinajstić information content (AvgIpc) is 3.28. The van der Waals surface area contributed by atoms with Crippen molar-refractivity contribution in [3.8, 4) is 11.3 Å². The van der Waals surface area contributed by atoms with E-state index in [4.69, 9.17) is 0 Å². The SMILES string of the molecule is CCN(c1ccccc1)S(=O)(=O)c1ccc(C(=O)Nc2nc(-c3ccc(F)cc3F)cs2)cc1. The van der Waals surface area contributed by atoms with Crippen LogP contribution >= 0.6 is 11.3 Å². The van der Waals surface area contributed by atoms with Crippen LogP contribution in [0.2, 0.25) is 0 Å². The number of hydrogen-bond acceptors (Lipinski definition) is 5. The lowest BCUT2D eigenvalue weighted by Crippen LogP contribution is -2.30. The van der Waals surface area contributed by atoms with Gasteiger partial charge in [-0.15, -0.1) is 11.3 Å². The van der Waals surface area contributed by atoms with Gasteiger partial charge < -0.3 is 0 Å². The summed E-state index contributed by atoms with van der Waals surface area (Å²) in [7, 11) is -3.81. The molecular formula is C24H19F2N3O3S2. The molecule has 0 aliphatic heterocycles. The second kappa shape index (κ2) is 9.70. The van der Waals surface area contributed by atoms with E-state index in [1.165, 1.54) is 34.6 Å². The average molecular weight is 500 g/mol. The van der Waals surface area contributed by atoms with Gasteiger partial charge in [0.05, 0.1) is 16.3 Å². The molecule has 1 amide bonds. The van der Waals surface area contributed by atoms with Gasteiger partial charge in [0.25, 0.3) is 15.9 Å². The molecule has 0 radical (unpaired) electrons. The van der Waals surface area contributed by atoms with Gasteiger partial charge in [0.15, 0.2) is 5.13 Å². The Labute approximate surface area is 199 Å². The van der Waals surface area contributed by atoms with Gasteiger partial charge in [0.2, 0.25) is 0 Å². The number of sulfonamides is 1. The Morgan fingerprint density at radius 1 is 1.03 bits per heavy atom. The zero-order valence-corrected chi connectivity index (χ0v) is 19.5. The van der Waals surface area contributed by atoms with E-state index >= 15 is 0 Å². The number of nitrogens with zero attached hydrogens (tertiary/aromatic N) is 2. The maximum atomic E-state index is 14.0. The Morgan fingerprint density at radius 2 is 1.74 bits per heavy atom. The molecule has 34 heavy (non-hydrogen) atoms. The first-order chi connectivity index (χ1) is 16.3. The number of rotatable bonds is 7. The molecule has 0 unspecified atom stereocenters. The summed E-state index contributed by atoms with van der Waals surface area (Å²) < 4.78 is 54.6. The van der Waals surface area contributed by atoms with E-state index in [0.717, 1.165) is 23.5 Å². The summed E-state index contributed by atoms with van der Waals surface area (Å²) >= 11 is 1.09. The minimum Gasteiger partial charge on any atom is -0.298 e. The zero-order valence-electron chi connectivity index (χ0n) is 17.9. The molecule has 0 bridgehead atoms. The zero-order chi connectivity index (χ0) is 24.3. The Morgan fingerprint density at radius 3 is 2.38 bits per heavy atom. The molecule has 4 rings (SSSR count). The summed E-state index contributed by atoms with van der Waals surface area (Å²) in [5.41, 5.74) is 1.15. The number of amides is 1. The van der Waals surface area contributed by atoms with Crippen LogP contribution in [0.15, 0.2) is 83.1 Å². The molecule has 0 aliphatic carbocycles. The van der Waals surface area contributed by atoms with Crippen molar-refractivity contribution >= 4 is 38.1 Å². The molecule has 0 atom stereocenters. The number of nitrogens with one attached hydrogen (secondary N) is 1. The van der Waals surface area contributed by atoms with E-state index in [-0.39, 0.29) is 33.4 Å². The summed E-state index contributed by atoms with van der Waals surface area (Å²) in [5, 5.41) is 4.38. The largest absolute Gasteiger partial charge is 0.298 e. The molecule has 0 aliphatic rings. The van der Waals surface area contributed by atoms with Crippen molar-refractivity contribution in [2.45, 2.75) is 11.8 Å². The predicted octanol–water partition coefficient (Wildman–Crippen LogP) is 5.56. The monoisotopic (exact) mass is 499 g/mol. The Hall–Kier alpha value is -3.63. The van der Waals surface area contributed by atoms with Crippen LogP contribution in [0.1, 0.15) is 17.3 Å². The standard InChI is InChI=1S/C24H19F2N3O3S2/c1-2-29(18-6-4-3-5-7-18)34(31,32)19-11-8-16(9-12-19)23(30)28-24-27-22(15-33-24)20-13-10-17(25)14-21(20)26/h3-15H,2H2,1H3,(H,27,28,30). The fraction of sp³-hybridized carbons (Fsp3) is 0.0833. The van der Waals surface area contributed by atoms with Gasteiger partial charge in [-0.25, -0.2) is 22.2 Å². The molecule has 1 aromatic heterocycles. The summed E-state index contributed by atoms with van der Waals surface area (Å²) in [6.07, 6.45) is 0. The van der Waals surface area contributed by atoms with E-state index < -0.39 is 27.6 Å². The van der Waals surface area contributed by atoms with Crippen LogP contribution in [0.3, 0.4) is 0 Å². The number of hydrogen-bond donors (Lipinski definition) is 1. The number of carbonyl (C=O) groups excluding carboxylic acids is 1. The fourth-order valence-electron chi connectivity index (χ4n) is 3.31. The van der Waals surface area contributed by atoms with Gasteiger partial charge in [-0.3, -0.25) is 14.4 Å². The van der Waals surface area contributed by atoms with Gasteiger partial charge in [-0.2, -0.15) is 0 Å². The molecule has 0 spiro atoms. The minimum absolute atomic E-state index is 0.0538. The van der Waals surface area contributed by atoms with Gasteiger partial charge >= 0.3 is 0 Å². The topological polar surface area (TPSA) is 79.4 Å². The lowest BCUT2D eigenvalue weighted by molar-refractivity contribution is 0.102. The maximum Gasteiger partial charge on any atom is 0.264 e. The third kappa shape index (κ3) is 4.82. The predicted molar refractivity (Wildman–Crippen MR) is 129 cm³/mol. The van der Waals surface area contributed by atoms with Gasteiger partial charge in [-0.05, 0) is 55.5 Å². The molecular weight excluding hydrogens is 480 g/mol. The number of thiazole rings is 1. The smallest absolute Gasteiger partial charge is 0.264 e. The first-order valence-electron chi connectivity index (χ1n) is 10.2. The lowest BCUT2D eigenvalue weighted by Gasteiger charge is -2.22. The summed E-state index contributed by atoms with van der Waals surface area (Å²) in [6, 6.07) is 17.5. The van der Waals surface area contributed by atoms with Crippen LogP contribution in [0.4, 0.5) is 19.6 Å². The third-order valence-electron chi connectivity index (χ3n) is 4.97. The van der Waals surface area contributed by atoms with Gasteiger partial charge in [0.1, 0.15) is 11.6 Å². The highest BCUT2D eigenvalue weighted by molar-refractivity contribution is 7.92. The van der Waals surface area contributed by atoms with E-state index in [1.54, 1.807) is 42.6 Å². The third-order valence-corrected chi connectivity index (χ3v) is 7.64. The second-order valence-electron chi connectivity index (χ2n) is 7.15. The van der Waals surface area contributed by atoms with Crippen molar-refractivity contribution < 1.29 is 22.0 Å². The summed E-state index contributed by atoms with van der Waals surface area (Å²) in [6.45, 7) is 1.99. The van der Waals surface area contributed by atoms with Crippen LogP contribution < -0.4 is 9.62 Å². The number of anilines is 2. The van der Waals surface area contributed by atoms with Crippen molar-refractivity contribution in [2.75, 3.05) is 16.2 Å². The fourth-order valence-corrected chi connectivity index (χ4v) is 5.49. The van der Waals surface area contributed by atoms with Crippen molar-refractivity contribution in [3.05, 3.63) is 95.4 Å². The van der Waals surface area contributed by atoms with Crippen LogP contribution in [-0.4, -0.2) is 25.9 Å². The highest BCUT2D eigenvalue weighted by Gasteiger charge is 2.24. The Balaban J connectivity index is 1.50. The van der Waals surface area contributed by atoms with Crippen LogP contribution in [-0.2, 0) is 10.0 Å². The first-order valence-corrected chi connectivity index (χ1v) is 12.5. The van der Waals surface area contributed by atoms with E-state index in [2.05, 4.69) is 10.3 Å². The number of benzene rings is 3. The van der Waals surface area contributed by atoms with Gasteiger partial charge in [-0.1, -0.05) is 18.2 Å². The van der Waals surface area contributed by atoms with Crippen LogP contribution in [0.25, 0.3) is 11.3 Å². The molecule has 0 fully saturated rings. The molecule has 6 nitrogen and oxygen atoms in total.